The van der Waals surface area contributed by atoms with Gasteiger partial charge in [0.05, 0.1) is 0 Å². The minimum absolute atomic E-state index is 0. The fourth-order valence-corrected chi connectivity index (χ4v) is 4.13. The summed E-state index contributed by atoms with van der Waals surface area (Å²) in [6.45, 7) is 2.39. The molecule has 1 atom stereocenters. The zero-order chi connectivity index (χ0) is 17.2. The number of rotatable bonds is 3. The molecule has 2 aromatic rings. The monoisotopic (exact) mass is 431 g/mol. The van der Waals surface area contributed by atoms with Gasteiger partial charge in [-0.25, -0.2) is 4.98 Å². The fourth-order valence-electron chi connectivity index (χ4n) is 3.34. The summed E-state index contributed by atoms with van der Waals surface area (Å²) in [5, 5.41) is 2.64. The third-order valence-corrected chi connectivity index (χ3v) is 5.56. The molecule has 0 spiro atoms. The molecule has 27 heavy (non-hydrogen) atoms. The van der Waals surface area contributed by atoms with Crippen molar-refractivity contribution >= 4 is 42.1 Å². The summed E-state index contributed by atoms with van der Waals surface area (Å²) in [6.07, 6.45) is 3.13. The summed E-state index contributed by atoms with van der Waals surface area (Å²) < 4.78 is 11.2. The Morgan fingerprint density at radius 3 is 2.78 bits per heavy atom. The molecule has 4 rings (SSSR count). The van der Waals surface area contributed by atoms with Crippen molar-refractivity contribution in [2.24, 2.45) is 5.73 Å². The lowest BCUT2D eigenvalue weighted by molar-refractivity contribution is 0.0618. The van der Waals surface area contributed by atoms with Gasteiger partial charge in [-0.2, -0.15) is 0 Å². The Morgan fingerprint density at radius 1 is 1.22 bits per heavy atom. The molecule has 2 N–H and O–H groups in total. The summed E-state index contributed by atoms with van der Waals surface area (Å²) >= 11 is 1.47. The molecule has 1 fully saturated rings. The number of aromatic nitrogens is 1. The van der Waals surface area contributed by atoms with Gasteiger partial charge in [-0.15, -0.1) is 36.2 Å². The number of likely N-dealkylation sites (tertiary alicyclic amines) is 1. The number of halogens is 2. The van der Waals surface area contributed by atoms with E-state index >= 15 is 0 Å². The lowest BCUT2D eigenvalue weighted by atomic mass is 10.0. The maximum absolute atomic E-state index is 12.8. The van der Waals surface area contributed by atoms with Crippen molar-refractivity contribution in [1.29, 1.82) is 0 Å². The summed E-state index contributed by atoms with van der Waals surface area (Å²) in [5.41, 5.74) is 7.26. The molecule has 0 aliphatic carbocycles. The molecule has 3 heterocycles. The fraction of sp³-hybridized carbons (Fsp3) is 0.444. The normalized spacial score (nSPS) is 18.3. The number of hydrogen-bond acceptors (Lipinski definition) is 6. The molecule has 148 valence electrons. The van der Waals surface area contributed by atoms with Gasteiger partial charge in [0.15, 0.2) is 11.5 Å². The molecule has 0 bridgehead atoms. The van der Waals surface area contributed by atoms with E-state index in [0.717, 1.165) is 47.9 Å². The number of carbonyl (C=O) groups is 1. The first kappa shape index (κ1) is 21.8. The van der Waals surface area contributed by atoms with Crippen LogP contribution in [0.25, 0.3) is 10.6 Å². The predicted octanol–water partition coefficient (Wildman–Crippen LogP) is 3.38. The molecule has 0 radical (unpaired) electrons. The zero-order valence-corrected chi connectivity index (χ0v) is 17.2. The molecular weight excluding hydrogens is 409 g/mol. The van der Waals surface area contributed by atoms with Crippen LogP contribution in [0.2, 0.25) is 0 Å². The number of nitrogens with zero attached hydrogens (tertiary/aromatic N) is 2. The molecule has 1 saturated heterocycles. The number of carbonyl (C=O) groups excluding carboxylic acids is 1. The number of hydrogen-bond donors (Lipinski definition) is 1. The highest BCUT2D eigenvalue weighted by Crippen LogP contribution is 2.35. The van der Waals surface area contributed by atoms with E-state index in [-0.39, 0.29) is 36.8 Å². The second-order valence-corrected chi connectivity index (χ2v) is 7.14. The van der Waals surface area contributed by atoms with Crippen molar-refractivity contribution in [2.45, 2.75) is 25.3 Å². The topological polar surface area (TPSA) is 77.7 Å². The molecule has 0 saturated carbocycles. The van der Waals surface area contributed by atoms with Crippen molar-refractivity contribution in [3.05, 3.63) is 29.3 Å². The smallest absolute Gasteiger partial charge is 0.273 e. The van der Waals surface area contributed by atoms with Crippen LogP contribution in [0.15, 0.2) is 23.6 Å². The molecule has 2 aliphatic heterocycles. The number of piperidine rings is 1. The van der Waals surface area contributed by atoms with Gasteiger partial charge in [0.1, 0.15) is 23.9 Å². The van der Waals surface area contributed by atoms with E-state index in [4.69, 9.17) is 15.2 Å². The highest BCUT2D eigenvalue weighted by atomic mass is 35.5. The highest BCUT2D eigenvalue weighted by molar-refractivity contribution is 7.13. The second-order valence-electron chi connectivity index (χ2n) is 6.28. The SMILES string of the molecule is Cl.Cl.NCC1CCCCN1C(=O)c1csc(-c2ccc3c(c2)OCCO3)n1. The summed E-state index contributed by atoms with van der Waals surface area (Å²) in [4.78, 5) is 19.3. The summed E-state index contributed by atoms with van der Waals surface area (Å²) in [7, 11) is 0. The van der Waals surface area contributed by atoms with Crippen molar-refractivity contribution in [3.63, 3.8) is 0 Å². The van der Waals surface area contributed by atoms with Gasteiger partial charge in [-0.1, -0.05) is 0 Å². The van der Waals surface area contributed by atoms with Gasteiger partial charge in [0.2, 0.25) is 0 Å². The van der Waals surface area contributed by atoms with Crippen molar-refractivity contribution < 1.29 is 14.3 Å². The minimum atomic E-state index is -0.0183. The first-order valence-corrected chi connectivity index (χ1v) is 9.51. The number of ether oxygens (including phenoxy) is 2. The van der Waals surface area contributed by atoms with Crippen LogP contribution in [0.3, 0.4) is 0 Å². The number of fused-ring (bicyclic) bond motifs is 1. The van der Waals surface area contributed by atoms with E-state index in [9.17, 15) is 4.79 Å². The molecule has 6 nitrogen and oxygen atoms in total. The molecule has 2 aliphatic rings. The first-order chi connectivity index (χ1) is 12.3. The van der Waals surface area contributed by atoms with Gasteiger partial charge in [0.25, 0.3) is 5.91 Å². The lowest BCUT2D eigenvalue weighted by Gasteiger charge is -2.34. The Bertz CT molecular complexity index is 787. The zero-order valence-electron chi connectivity index (χ0n) is 14.8. The maximum atomic E-state index is 12.8. The van der Waals surface area contributed by atoms with Crippen LogP contribution in [0.5, 0.6) is 11.5 Å². The quantitative estimate of drug-likeness (QED) is 0.805. The number of thiazole rings is 1. The average Bonchev–Trinajstić information content (AvgIpc) is 3.17. The number of nitrogens with two attached hydrogens (primary N) is 1. The Hall–Kier alpha value is -1.54. The third-order valence-electron chi connectivity index (χ3n) is 4.67. The van der Waals surface area contributed by atoms with E-state index in [0.29, 0.717) is 25.5 Å². The minimum Gasteiger partial charge on any atom is -0.486 e. The molecular formula is C18H23Cl2N3O3S. The summed E-state index contributed by atoms with van der Waals surface area (Å²) in [5.74, 6) is 1.46. The van der Waals surface area contributed by atoms with Crippen molar-refractivity contribution in [2.75, 3.05) is 26.3 Å². The van der Waals surface area contributed by atoms with E-state index in [1.807, 2.05) is 28.5 Å². The molecule has 1 aromatic heterocycles. The largest absolute Gasteiger partial charge is 0.486 e. The maximum Gasteiger partial charge on any atom is 0.273 e. The predicted molar refractivity (Wildman–Crippen MR) is 111 cm³/mol. The molecule has 1 amide bonds. The first-order valence-electron chi connectivity index (χ1n) is 8.63. The van der Waals surface area contributed by atoms with E-state index in [1.165, 1.54) is 11.3 Å². The van der Waals surface area contributed by atoms with Crippen LogP contribution < -0.4 is 15.2 Å². The van der Waals surface area contributed by atoms with E-state index in [1.54, 1.807) is 0 Å². The average molecular weight is 432 g/mol. The van der Waals surface area contributed by atoms with Crippen LogP contribution in [0, 0.1) is 0 Å². The van der Waals surface area contributed by atoms with Gasteiger partial charge in [0, 0.05) is 30.1 Å². The van der Waals surface area contributed by atoms with Crippen molar-refractivity contribution in [1.82, 2.24) is 9.88 Å². The van der Waals surface area contributed by atoms with Crippen LogP contribution in [0.4, 0.5) is 0 Å². The number of benzene rings is 1. The van der Waals surface area contributed by atoms with Crippen molar-refractivity contribution in [3.8, 4) is 22.1 Å². The Morgan fingerprint density at radius 2 is 2.00 bits per heavy atom. The standard InChI is InChI=1S/C18H21N3O3S.2ClH/c19-10-13-3-1-2-6-21(13)18(22)14-11-25-17(20-14)12-4-5-15-16(9-12)24-8-7-23-15;;/h4-5,9,11,13H,1-3,6-8,10,19H2;2*1H. The van der Waals surface area contributed by atoms with Crippen LogP contribution in [-0.4, -0.2) is 48.1 Å². The Kier molecular flexibility index (Phi) is 7.73. The molecule has 9 heteroatoms. The number of amides is 1. The van der Waals surface area contributed by atoms with E-state index < -0.39 is 0 Å². The third kappa shape index (κ3) is 4.48. The van der Waals surface area contributed by atoms with Gasteiger partial charge >= 0.3 is 0 Å². The second kappa shape index (κ2) is 9.59. The summed E-state index contributed by atoms with van der Waals surface area (Å²) in [6, 6.07) is 5.89. The molecule has 1 unspecified atom stereocenters. The van der Waals surface area contributed by atoms with Crippen LogP contribution in [0.1, 0.15) is 29.8 Å². The van der Waals surface area contributed by atoms with Gasteiger partial charge < -0.3 is 20.1 Å². The van der Waals surface area contributed by atoms with Crippen LogP contribution >= 0.6 is 36.2 Å². The Balaban J connectivity index is 0.00000131. The van der Waals surface area contributed by atoms with Crippen LogP contribution in [-0.2, 0) is 0 Å². The lowest BCUT2D eigenvalue weighted by Crippen LogP contribution is -2.47. The van der Waals surface area contributed by atoms with Gasteiger partial charge in [-0.3, -0.25) is 4.79 Å². The van der Waals surface area contributed by atoms with Gasteiger partial charge in [-0.05, 0) is 37.5 Å². The van der Waals surface area contributed by atoms with E-state index in [2.05, 4.69) is 4.98 Å². The molecule has 1 aromatic carbocycles. The highest BCUT2D eigenvalue weighted by Gasteiger charge is 2.28. The Labute approximate surface area is 174 Å².